The van der Waals surface area contributed by atoms with E-state index in [1.54, 1.807) is 11.3 Å². The van der Waals surface area contributed by atoms with E-state index in [1.807, 2.05) is 30.3 Å². The zero-order chi connectivity index (χ0) is 45.4. The summed E-state index contributed by atoms with van der Waals surface area (Å²) in [7, 11) is 0. The minimum Gasteiger partial charge on any atom is -0.333 e. The van der Waals surface area contributed by atoms with Crippen molar-refractivity contribution in [2.45, 2.75) is 64.9 Å². The molecule has 3 nitrogen and oxygen atoms in total. The van der Waals surface area contributed by atoms with Gasteiger partial charge < -0.3 is 4.57 Å². The molecular weight excluding hydrogens is 1070 g/mol. The largest absolute Gasteiger partial charge is 0.333 e. The average Bonchev–Trinajstić information content (AvgIpc) is 3.89. The summed E-state index contributed by atoms with van der Waals surface area (Å²) in [6.07, 6.45) is 3.26. The number of nitrogens with zero attached hydrogens (tertiary/aromatic N) is 3. The van der Waals surface area contributed by atoms with Crippen molar-refractivity contribution in [2.75, 3.05) is 0 Å². The van der Waals surface area contributed by atoms with Gasteiger partial charge in [-0.3, -0.25) is 4.98 Å². The standard InChI is InChI=1S/C42H32FN2S.C17H21GeN.Ir/c1-26-14-21-33(40-39(26)32-22-17-29(24-38(32)46-40)27-15-19-31(43)20-16-27)41-44-35-12-8-9-13-37(35)45(41)36-23-18-30(42(2,3)4)25-34(36)28-10-6-5-7-11-28;1-13(2)10-15-11-17(14-8-6-5-7-9-14)19-12-16(15)18(3)4;/h5-20,22-25H,1-4H3;5-8,11-13H,10H2,1-4H3;/q2*-1;. The summed E-state index contributed by atoms with van der Waals surface area (Å²) in [5, 5.41) is 2.44. The number of imidazole rings is 1. The summed E-state index contributed by atoms with van der Waals surface area (Å²) in [6, 6.07) is 58.5. The second-order valence-corrected chi connectivity index (χ2v) is 25.0. The van der Waals surface area contributed by atoms with Crippen molar-refractivity contribution in [3.63, 3.8) is 0 Å². The van der Waals surface area contributed by atoms with E-state index in [4.69, 9.17) is 4.98 Å². The summed E-state index contributed by atoms with van der Waals surface area (Å²) < 4.78 is 19.9. The molecule has 0 atom stereocenters. The molecule has 0 spiro atoms. The Balaban J connectivity index is 0.000000249. The molecule has 3 heterocycles. The monoisotopic (exact) mass is 1120 g/mol. The fraction of sp³-hybridized carbons (Fsp3) is 0.186. The van der Waals surface area contributed by atoms with Crippen LogP contribution in [0.1, 0.15) is 51.3 Å². The van der Waals surface area contributed by atoms with Gasteiger partial charge in [0.1, 0.15) is 5.82 Å². The van der Waals surface area contributed by atoms with Crippen molar-refractivity contribution in [3.05, 3.63) is 192 Å². The fourth-order valence-corrected chi connectivity index (χ4v) is 12.4. The van der Waals surface area contributed by atoms with Crippen LogP contribution in [0, 0.1) is 30.8 Å². The van der Waals surface area contributed by atoms with Crippen molar-refractivity contribution in [1.29, 1.82) is 0 Å². The Morgan fingerprint density at radius 2 is 1.50 bits per heavy atom. The third kappa shape index (κ3) is 9.66. The van der Waals surface area contributed by atoms with Crippen LogP contribution in [0.2, 0.25) is 11.5 Å². The smallest absolute Gasteiger partial charge is 0.123 e. The van der Waals surface area contributed by atoms with Crippen molar-refractivity contribution in [2.24, 2.45) is 5.92 Å². The first-order valence-corrected chi connectivity index (χ1v) is 28.5. The van der Waals surface area contributed by atoms with E-state index in [0.29, 0.717) is 5.92 Å². The van der Waals surface area contributed by atoms with Crippen LogP contribution in [0.3, 0.4) is 0 Å². The summed E-state index contributed by atoms with van der Waals surface area (Å²) in [6.45, 7) is 13.5. The van der Waals surface area contributed by atoms with Crippen molar-refractivity contribution in [3.8, 4) is 50.6 Å². The van der Waals surface area contributed by atoms with Crippen LogP contribution in [-0.4, -0.2) is 28.9 Å². The minimum atomic E-state index is -1.08. The van der Waals surface area contributed by atoms with Crippen molar-refractivity contribution >= 4 is 61.3 Å². The molecule has 66 heavy (non-hydrogen) atoms. The van der Waals surface area contributed by atoms with Gasteiger partial charge in [0.25, 0.3) is 0 Å². The van der Waals surface area contributed by atoms with Crippen LogP contribution in [-0.2, 0) is 31.9 Å². The van der Waals surface area contributed by atoms with E-state index in [2.05, 4.69) is 190 Å². The van der Waals surface area contributed by atoms with Gasteiger partial charge in [-0.25, -0.2) is 4.39 Å². The Labute approximate surface area is 411 Å². The number of thiophene rings is 1. The van der Waals surface area contributed by atoms with Gasteiger partial charge in [0.05, 0.1) is 16.9 Å². The summed E-state index contributed by atoms with van der Waals surface area (Å²) in [5.41, 5.74) is 14.6. The molecule has 10 aromatic rings. The average molecular weight is 1120 g/mol. The Bertz CT molecular complexity index is 3290. The number of fused-ring (bicyclic) bond motifs is 4. The molecule has 7 aromatic carbocycles. The first-order chi connectivity index (χ1) is 31.3. The molecule has 2 radical (unpaired) electrons. The normalized spacial score (nSPS) is 11.6. The molecule has 0 fully saturated rings. The molecular formula is C59H53FGeIrN3S-2. The van der Waals surface area contributed by atoms with Gasteiger partial charge in [0.2, 0.25) is 0 Å². The maximum Gasteiger partial charge on any atom is 0.123 e. The second-order valence-electron chi connectivity index (χ2n) is 18.6. The third-order valence-corrected chi connectivity index (χ3v) is 16.4. The number of halogens is 1. The molecule has 0 unspecified atom stereocenters. The predicted octanol–water partition coefficient (Wildman–Crippen LogP) is 15.6. The number of pyridine rings is 1. The number of hydrogen-bond acceptors (Lipinski definition) is 3. The van der Waals surface area contributed by atoms with Crippen LogP contribution < -0.4 is 4.40 Å². The number of rotatable bonds is 8. The number of para-hydroxylation sites is 2. The van der Waals surface area contributed by atoms with Gasteiger partial charge in [-0.05, 0) is 80.2 Å². The molecule has 332 valence electrons. The summed E-state index contributed by atoms with van der Waals surface area (Å²) in [4.78, 5) is 9.94. The van der Waals surface area contributed by atoms with Crippen LogP contribution in [0.15, 0.2) is 158 Å². The predicted molar refractivity (Wildman–Crippen MR) is 277 cm³/mol. The first-order valence-electron chi connectivity index (χ1n) is 22.4. The van der Waals surface area contributed by atoms with E-state index in [9.17, 15) is 4.39 Å². The topological polar surface area (TPSA) is 30.7 Å². The minimum absolute atomic E-state index is 0. The van der Waals surface area contributed by atoms with Crippen LogP contribution >= 0.6 is 11.3 Å². The maximum atomic E-state index is 13.7. The Hall–Kier alpha value is -5.50. The van der Waals surface area contributed by atoms with E-state index in [-0.39, 0.29) is 31.3 Å². The van der Waals surface area contributed by atoms with Gasteiger partial charge >= 0.3 is 121 Å². The van der Waals surface area contributed by atoms with Crippen LogP contribution in [0.25, 0.3) is 81.8 Å². The number of aryl methyl sites for hydroxylation is 1. The van der Waals surface area contributed by atoms with Gasteiger partial charge in [0, 0.05) is 36.1 Å². The molecule has 3 aromatic heterocycles. The molecule has 0 aliphatic heterocycles. The van der Waals surface area contributed by atoms with Crippen LogP contribution in [0.4, 0.5) is 4.39 Å². The summed E-state index contributed by atoms with van der Waals surface area (Å²) in [5.74, 6) is 6.13. The summed E-state index contributed by atoms with van der Waals surface area (Å²) >= 11 is 0.689. The first kappa shape index (κ1) is 47.0. The van der Waals surface area contributed by atoms with E-state index in [0.717, 1.165) is 61.6 Å². The molecule has 0 saturated carbocycles. The fourth-order valence-electron chi connectivity index (χ4n) is 8.71. The van der Waals surface area contributed by atoms with Gasteiger partial charge in [-0.2, -0.15) is 11.3 Å². The zero-order valence-electron chi connectivity index (χ0n) is 38.8. The second kappa shape index (κ2) is 19.8. The molecule has 0 N–H and O–H groups in total. The SMILES string of the molecule is CC(C)Cc1cc(-c2[c-]cccc2)nc[c]1[Ge]([CH3])[CH3].Cc1c[c-]c(-c2nc3ccccc3n2-c2ccc(C(C)(C)C)cc2-c2ccccc2)c2sc3cc(-c4ccc(F)cc4)ccc3c12.[Ir]. The molecule has 10 rings (SSSR count). The van der Waals surface area contributed by atoms with Crippen LogP contribution in [0.5, 0.6) is 0 Å². The van der Waals surface area contributed by atoms with E-state index >= 15 is 0 Å². The Kier molecular flexibility index (Phi) is 14.1. The van der Waals surface area contributed by atoms with E-state index < -0.39 is 14.3 Å². The molecule has 0 saturated heterocycles. The van der Waals surface area contributed by atoms with E-state index in [1.165, 1.54) is 59.8 Å². The molecule has 0 aliphatic carbocycles. The van der Waals surface area contributed by atoms with Gasteiger partial charge in [-0.15, -0.1) is 17.7 Å². The third-order valence-electron chi connectivity index (χ3n) is 12.0. The van der Waals surface area contributed by atoms with Gasteiger partial charge in [-0.1, -0.05) is 111 Å². The molecule has 0 amide bonds. The number of benzene rings is 7. The quantitative estimate of drug-likeness (QED) is 0.112. The number of hydrogen-bond donors (Lipinski definition) is 0. The Morgan fingerprint density at radius 1 is 0.773 bits per heavy atom. The number of aromatic nitrogens is 3. The van der Waals surface area contributed by atoms with Crippen molar-refractivity contribution in [1.82, 2.24) is 14.5 Å². The maximum absolute atomic E-state index is 13.7. The van der Waals surface area contributed by atoms with Crippen molar-refractivity contribution < 1.29 is 24.5 Å². The molecule has 0 bridgehead atoms. The van der Waals surface area contributed by atoms with Gasteiger partial charge in [0.15, 0.2) is 0 Å². The molecule has 0 aliphatic rings. The zero-order valence-corrected chi connectivity index (χ0v) is 44.1. The molecule has 7 heteroatoms. The Morgan fingerprint density at radius 3 is 2.21 bits per heavy atom.